The van der Waals surface area contributed by atoms with Gasteiger partial charge in [0.05, 0.1) is 18.8 Å². The zero-order valence-electron chi connectivity index (χ0n) is 38.3. The van der Waals surface area contributed by atoms with Crippen LogP contribution >= 0.6 is 0 Å². The number of carbonyl (C=O) groups is 1. The van der Waals surface area contributed by atoms with Gasteiger partial charge in [0.1, 0.15) is 12.2 Å². The molecule has 0 radical (unpaired) electrons. The number of aliphatic hydroxyl groups is 4. The number of unbranched alkanes of at least 4 members (excludes halogenated alkanes) is 28. The number of allylic oxidation sites excluding steroid dienone is 8. The molecule has 5 N–H and O–H groups in total. The number of hydrogen-bond acceptors (Lipinski definition) is 5. The zero-order chi connectivity index (χ0) is 42.4. The van der Waals surface area contributed by atoms with Crippen molar-refractivity contribution in [3.8, 4) is 0 Å². The summed E-state index contributed by atoms with van der Waals surface area (Å²) in [5.41, 5.74) is 0. The van der Waals surface area contributed by atoms with Crippen LogP contribution in [0.1, 0.15) is 245 Å². The van der Waals surface area contributed by atoms with Gasteiger partial charge in [0.2, 0.25) is 5.91 Å². The molecule has 0 aliphatic carbocycles. The van der Waals surface area contributed by atoms with Gasteiger partial charge < -0.3 is 25.7 Å². The lowest BCUT2D eigenvalue weighted by molar-refractivity contribution is -0.132. The lowest BCUT2D eigenvalue weighted by Crippen LogP contribution is -2.53. The molecule has 4 atom stereocenters. The summed E-state index contributed by atoms with van der Waals surface area (Å²) < 4.78 is 0. The van der Waals surface area contributed by atoms with Gasteiger partial charge >= 0.3 is 0 Å². The van der Waals surface area contributed by atoms with Crippen LogP contribution in [0.15, 0.2) is 48.6 Å². The molecule has 0 aromatic heterocycles. The van der Waals surface area contributed by atoms with E-state index in [0.29, 0.717) is 19.3 Å². The maximum Gasteiger partial charge on any atom is 0.249 e. The summed E-state index contributed by atoms with van der Waals surface area (Å²) >= 11 is 0. The van der Waals surface area contributed by atoms with Crippen molar-refractivity contribution in [2.75, 3.05) is 6.61 Å². The number of aliphatic hydroxyl groups excluding tert-OH is 4. The van der Waals surface area contributed by atoms with E-state index in [1.807, 2.05) is 0 Å². The van der Waals surface area contributed by atoms with Gasteiger partial charge in [-0.3, -0.25) is 4.79 Å². The van der Waals surface area contributed by atoms with Crippen LogP contribution in [0, 0.1) is 0 Å². The van der Waals surface area contributed by atoms with Crippen LogP contribution in [-0.2, 0) is 4.79 Å². The number of rotatable bonds is 45. The maximum absolute atomic E-state index is 12.5. The summed E-state index contributed by atoms with van der Waals surface area (Å²) in [6, 6.07) is -1.02. The number of carbonyl (C=O) groups excluding carboxylic acids is 1. The van der Waals surface area contributed by atoms with E-state index in [1.54, 1.807) is 0 Å². The van der Waals surface area contributed by atoms with Gasteiger partial charge in [-0.1, -0.05) is 204 Å². The van der Waals surface area contributed by atoms with Crippen LogP contribution in [0.5, 0.6) is 0 Å². The van der Waals surface area contributed by atoms with Gasteiger partial charge in [0.15, 0.2) is 0 Å². The Morgan fingerprint density at radius 3 is 1.09 bits per heavy atom. The predicted octanol–water partition coefficient (Wildman–Crippen LogP) is 13.9. The highest BCUT2D eigenvalue weighted by Crippen LogP contribution is 2.15. The van der Waals surface area contributed by atoms with Crippen molar-refractivity contribution in [2.45, 2.75) is 269 Å². The normalized spacial score (nSPS) is 14.4. The highest BCUT2D eigenvalue weighted by atomic mass is 16.3. The Balaban J connectivity index is 3.79. The second-order valence-corrected chi connectivity index (χ2v) is 17.1. The van der Waals surface area contributed by atoms with Gasteiger partial charge in [-0.05, 0) is 89.9 Å². The predicted molar refractivity (Wildman–Crippen MR) is 251 cm³/mol. The van der Waals surface area contributed by atoms with E-state index in [-0.39, 0.29) is 0 Å². The molecule has 0 saturated carbocycles. The van der Waals surface area contributed by atoms with Crippen molar-refractivity contribution < 1.29 is 25.2 Å². The molecule has 6 nitrogen and oxygen atoms in total. The molecule has 0 aliphatic rings. The van der Waals surface area contributed by atoms with Crippen LogP contribution in [0.2, 0.25) is 0 Å². The summed E-state index contributed by atoms with van der Waals surface area (Å²) in [4.78, 5) is 12.5. The molecular weight excluding hydrogens is 719 g/mol. The minimum Gasteiger partial charge on any atom is -0.394 e. The highest BCUT2D eigenvalue weighted by molar-refractivity contribution is 5.80. The zero-order valence-corrected chi connectivity index (χ0v) is 38.3. The fourth-order valence-electron chi connectivity index (χ4n) is 7.49. The largest absolute Gasteiger partial charge is 0.394 e. The van der Waals surface area contributed by atoms with Crippen LogP contribution in [0.4, 0.5) is 0 Å². The third kappa shape index (κ3) is 39.7. The SMILES string of the molecule is CCCCCCCCCCC/C=C/CC/C=C/CC/C=C/CCCC(O)C(O)C(CO)NC(=O)C(O)CCCCCCCC/C=C\CCCCCCCCCCCC. The van der Waals surface area contributed by atoms with Gasteiger partial charge in [0.25, 0.3) is 0 Å². The van der Waals surface area contributed by atoms with E-state index in [2.05, 4.69) is 67.8 Å². The molecule has 340 valence electrons. The average Bonchev–Trinajstić information content (AvgIpc) is 3.23. The Kier molecular flexibility index (Phi) is 45.0. The summed E-state index contributed by atoms with van der Waals surface area (Å²) in [7, 11) is 0. The third-order valence-electron chi connectivity index (χ3n) is 11.5. The van der Waals surface area contributed by atoms with Gasteiger partial charge in [-0.15, -0.1) is 0 Å². The monoisotopic (exact) mass is 816 g/mol. The molecule has 6 heteroatoms. The van der Waals surface area contributed by atoms with Crippen molar-refractivity contribution in [3.05, 3.63) is 48.6 Å². The standard InChI is InChI=1S/C52H97NO5/c1-3-5-7-9-11-13-15-17-19-21-23-25-26-28-29-31-33-35-37-39-41-43-45-49(55)51(57)48(47-54)53-52(58)50(56)46-44-42-40-38-36-34-32-30-27-24-22-20-18-16-14-12-10-8-6-4-2/h23,25,27,29-31,37,39,48-51,54-57H,3-22,24,26,28,32-36,38,40-47H2,1-2H3,(H,53,58)/b25-23+,30-27-,31-29+,39-37+. The maximum atomic E-state index is 12.5. The minimum atomic E-state index is -1.30. The highest BCUT2D eigenvalue weighted by Gasteiger charge is 2.28. The first kappa shape index (κ1) is 56.3. The van der Waals surface area contributed by atoms with Crippen LogP contribution in [-0.4, -0.2) is 57.3 Å². The molecule has 0 bridgehead atoms. The first-order chi connectivity index (χ1) is 28.5. The Bertz CT molecular complexity index is 961. The molecule has 4 unspecified atom stereocenters. The van der Waals surface area contributed by atoms with Crippen molar-refractivity contribution in [1.82, 2.24) is 5.32 Å². The molecule has 0 spiro atoms. The van der Waals surface area contributed by atoms with Gasteiger partial charge in [0, 0.05) is 0 Å². The smallest absolute Gasteiger partial charge is 0.249 e. The van der Waals surface area contributed by atoms with E-state index in [4.69, 9.17) is 0 Å². The lowest BCUT2D eigenvalue weighted by Gasteiger charge is -2.27. The third-order valence-corrected chi connectivity index (χ3v) is 11.5. The quantitative estimate of drug-likeness (QED) is 0.0311. The van der Waals surface area contributed by atoms with Crippen molar-refractivity contribution in [2.24, 2.45) is 0 Å². The van der Waals surface area contributed by atoms with E-state index in [0.717, 1.165) is 64.2 Å². The van der Waals surface area contributed by atoms with Crippen LogP contribution in [0.3, 0.4) is 0 Å². The molecule has 1 amide bonds. The first-order valence-electron chi connectivity index (χ1n) is 25.0. The molecule has 0 saturated heterocycles. The Morgan fingerprint density at radius 2 is 0.724 bits per heavy atom. The fraction of sp³-hybridized carbons (Fsp3) is 0.827. The summed E-state index contributed by atoms with van der Waals surface area (Å²) in [5, 5.41) is 43.8. The summed E-state index contributed by atoms with van der Waals surface area (Å²) in [6.07, 6.45) is 57.2. The molecule has 0 heterocycles. The number of nitrogens with one attached hydrogen (secondary N) is 1. The van der Waals surface area contributed by atoms with E-state index < -0.39 is 36.9 Å². The Hall–Kier alpha value is -1.73. The van der Waals surface area contributed by atoms with E-state index in [9.17, 15) is 25.2 Å². The molecule has 0 aromatic carbocycles. The second kappa shape index (κ2) is 46.3. The fourth-order valence-corrected chi connectivity index (χ4v) is 7.49. The van der Waals surface area contributed by atoms with Gasteiger partial charge in [-0.25, -0.2) is 0 Å². The van der Waals surface area contributed by atoms with Crippen molar-refractivity contribution >= 4 is 5.91 Å². The van der Waals surface area contributed by atoms with Crippen LogP contribution < -0.4 is 5.32 Å². The molecule has 58 heavy (non-hydrogen) atoms. The van der Waals surface area contributed by atoms with Crippen LogP contribution in [0.25, 0.3) is 0 Å². The Labute approximate surface area is 359 Å². The number of hydrogen-bond donors (Lipinski definition) is 5. The minimum absolute atomic E-state index is 0.350. The average molecular weight is 816 g/mol. The first-order valence-corrected chi connectivity index (χ1v) is 25.0. The Morgan fingerprint density at radius 1 is 0.414 bits per heavy atom. The molecule has 0 fully saturated rings. The summed E-state index contributed by atoms with van der Waals surface area (Å²) in [5.74, 6) is -0.604. The van der Waals surface area contributed by atoms with Crippen molar-refractivity contribution in [3.63, 3.8) is 0 Å². The second-order valence-electron chi connectivity index (χ2n) is 17.1. The number of amides is 1. The molecule has 0 aliphatic heterocycles. The topological polar surface area (TPSA) is 110 Å². The molecule has 0 rings (SSSR count). The molecular formula is C52H97NO5. The van der Waals surface area contributed by atoms with E-state index in [1.165, 1.54) is 148 Å². The molecule has 0 aromatic rings. The van der Waals surface area contributed by atoms with E-state index >= 15 is 0 Å². The lowest BCUT2D eigenvalue weighted by atomic mass is 10.00. The summed E-state index contributed by atoms with van der Waals surface area (Å²) in [6.45, 7) is 4.04. The van der Waals surface area contributed by atoms with Gasteiger partial charge in [-0.2, -0.15) is 0 Å². The van der Waals surface area contributed by atoms with Crippen molar-refractivity contribution in [1.29, 1.82) is 0 Å².